The molecule has 0 atom stereocenters. The summed E-state index contributed by atoms with van der Waals surface area (Å²) in [6.07, 6.45) is -1.35. The molecule has 24 heavy (non-hydrogen) atoms. The fourth-order valence-electron chi connectivity index (χ4n) is 2.50. The molecule has 1 aromatic carbocycles. The van der Waals surface area contributed by atoms with E-state index in [1.807, 2.05) is 0 Å². The van der Waals surface area contributed by atoms with E-state index < -0.39 is 17.6 Å². The van der Waals surface area contributed by atoms with Crippen LogP contribution < -0.4 is 0 Å². The Bertz CT molecular complexity index is 882. The number of rotatable bonds is 4. The monoisotopic (exact) mass is 336 g/mol. The number of carbonyl (C=O) groups excluding carboxylic acids is 1. The van der Waals surface area contributed by atoms with Crippen LogP contribution in [0, 0.1) is 5.82 Å². The van der Waals surface area contributed by atoms with E-state index in [0.717, 1.165) is 12.1 Å². The summed E-state index contributed by atoms with van der Waals surface area (Å²) >= 11 is 0. The van der Waals surface area contributed by atoms with E-state index >= 15 is 0 Å². The minimum atomic E-state index is -4.41. The maximum atomic E-state index is 13.5. The molecule has 0 N–H and O–H groups in total. The van der Waals surface area contributed by atoms with E-state index in [0.29, 0.717) is 16.9 Å². The molecule has 7 heteroatoms. The molecule has 0 bridgehead atoms. The molecule has 0 aliphatic rings. The number of hydrogen-bond acceptors (Lipinski definition) is 2. The van der Waals surface area contributed by atoms with Crippen molar-refractivity contribution in [2.75, 3.05) is 0 Å². The second kappa shape index (κ2) is 6.07. The van der Waals surface area contributed by atoms with Gasteiger partial charge in [-0.2, -0.15) is 13.2 Å². The normalized spacial score (nSPS) is 11.8. The van der Waals surface area contributed by atoms with Gasteiger partial charge in [-0.1, -0.05) is 12.1 Å². The first-order valence-electron chi connectivity index (χ1n) is 7.12. The molecule has 0 unspecified atom stereocenters. The highest BCUT2D eigenvalue weighted by atomic mass is 19.4. The summed E-state index contributed by atoms with van der Waals surface area (Å²) in [6.45, 7) is 0. The summed E-state index contributed by atoms with van der Waals surface area (Å²) in [5, 5.41) is 0. The first-order valence-corrected chi connectivity index (χ1v) is 7.12. The summed E-state index contributed by atoms with van der Waals surface area (Å²) in [5.74, 6) is -0.721. The van der Waals surface area contributed by atoms with Crippen molar-refractivity contribution in [2.45, 2.75) is 19.0 Å². The Hall–Kier alpha value is -2.70. The number of pyridine rings is 1. The smallest absolute Gasteiger partial charge is 0.303 e. The average molecular weight is 336 g/mol. The molecule has 0 fully saturated rings. The second-order valence-electron chi connectivity index (χ2n) is 5.41. The van der Waals surface area contributed by atoms with Crippen LogP contribution in [0.25, 0.3) is 5.65 Å². The number of carbonyl (C=O) groups is 1. The summed E-state index contributed by atoms with van der Waals surface area (Å²) in [4.78, 5) is 16.1. The average Bonchev–Trinajstić information content (AvgIpc) is 2.95. The van der Waals surface area contributed by atoms with Crippen molar-refractivity contribution in [3.05, 3.63) is 71.4 Å². The highest BCUT2D eigenvalue weighted by Gasteiger charge is 2.29. The van der Waals surface area contributed by atoms with Gasteiger partial charge in [-0.25, -0.2) is 9.37 Å². The SMILES string of the molecule is O=C(Cc1ccc(C(F)(F)F)cc1)Cc1cc(F)cc2nccn12. The lowest BCUT2D eigenvalue weighted by atomic mass is 10.0. The van der Waals surface area contributed by atoms with Crippen molar-refractivity contribution < 1.29 is 22.4 Å². The number of halogens is 4. The largest absolute Gasteiger partial charge is 0.416 e. The van der Waals surface area contributed by atoms with E-state index in [1.54, 1.807) is 10.6 Å². The number of alkyl halides is 3. The minimum Gasteiger partial charge on any atom is -0.303 e. The van der Waals surface area contributed by atoms with Gasteiger partial charge in [0, 0.05) is 37.0 Å². The van der Waals surface area contributed by atoms with E-state index in [2.05, 4.69) is 4.98 Å². The molecule has 2 heterocycles. The molecule has 0 amide bonds. The summed E-state index contributed by atoms with van der Waals surface area (Å²) in [5.41, 5.74) is 0.557. The summed E-state index contributed by atoms with van der Waals surface area (Å²) < 4.78 is 52.7. The van der Waals surface area contributed by atoms with Crippen molar-refractivity contribution >= 4 is 11.4 Å². The number of fused-ring (bicyclic) bond motifs is 1. The van der Waals surface area contributed by atoms with Crippen LogP contribution in [0.4, 0.5) is 17.6 Å². The zero-order chi connectivity index (χ0) is 17.3. The summed E-state index contributed by atoms with van der Waals surface area (Å²) in [6, 6.07) is 6.94. The highest BCUT2D eigenvalue weighted by molar-refractivity contribution is 5.83. The number of imidazole rings is 1. The molecule has 0 aliphatic carbocycles. The molecule has 0 saturated carbocycles. The van der Waals surface area contributed by atoms with Crippen LogP contribution >= 0.6 is 0 Å². The predicted octanol–water partition coefficient (Wildman–Crippen LogP) is 3.85. The topological polar surface area (TPSA) is 34.4 Å². The van der Waals surface area contributed by atoms with Gasteiger partial charge in [-0.15, -0.1) is 0 Å². The van der Waals surface area contributed by atoms with Gasteiger partial charge >= 0.3 is 6.18 Å². The Morgan fingerprint density at radius 3 is 2.46 bits per heavy atom. The third kappa shape index (κ3) is 3.45. The lowest BCUT2D eigenvalue weighted by Gasteiger charge is -2.08. The van der Waals surface area contributed by atoms with Crippen LogP contribution in [0.1, 0.15) is 16.8 Å². The molecule has 124 valence electrons. The standard InChI is InChI=1S/C17H12F4N2O/c18-13-8-14(23-6-5-22-16(23)9-13)10-15(24)7-11-1-3-12(4-2-11)17(19,20)21/h1-6,8-9H,7,10H2. The summed E-state index contributed by atoms with van der Waals surface area (Å²) in [7, 11) is 0. The maximum Gasteiger partial charge on any atom is 0.416 e. The van der Waals surface area contributed by atoms with Gasteiger partial charge in [0.05, 0.1) is 5.56 Å². The van der Waals surface area contributed by atoms with Gasteiger partial charge < -0.3 is 4.40 Å². The van der Waals surface area contributed by atoms with Gasteiger partial charge in [-0.05, 0) is 23.8 Å². The number of Topliss-reactive ketones (excluding diaryl/α,β-unsaturated/α-hetero) is 1. The van der Waals surface area contributed by atoms with Gasteiger partial charge in [0.1, 0.15) is 17.2 Å². The number of benzene rings is 1. The fourth-order valence-corrected chi connectivity index (χ4v) is 2.50. The molecular weight excluding hydrogens is 324 g/mol. The molecule has 0 aliphatic heterocycles. The lowest BCUT2D eigenvalue weighted by molar-refractivity contribution is -0.137. The first-order chi connectivity index (χ1) is 11.3. The van der Waals surface area contributed by atoms with Gasteiger partial charge in [0.2, 0.25) is 0 Å². The van der Waals surface area contributed by atoms with Gasteiger partial charge in [0.15, 0.2) is 0 Å². The van der Waals surface area contributed by atoms with Crippen LogP contribution in [0.5, 0.6) is 0 Å². The predicted molar refractivity (Wildman–Crippen MR) is 79.0 cm³/mol. The minimum absolute atomic E-state index is 0.0230. The second-order valence-corrected chi connectivity index (χ2v) is 5.41. The first kappa shape index (κ1) is 16.2. The maximum absolute atomic E-state index is 13.5. The Labute approximate surface area is 134 Å². The van der Waals surface area contributed by atoms with E-state index in [1.165, 1.54) is 30.5 Å². The van der Waals surface area contributed by atoms with Gasteiger partial charge in [0.25, 0.3) is 0 Å². The quantitative estimate of drug-likeness (QED) is 0.678. The van der Waals surface area contributed by atoms with E-state index in [9.17, 15) is 22.4 Å². The van der Waals surface area contributed by atoms with Crippen molar-refractivity contribution in [3.8, 4) is 0 Å². The molecule has 0 radical (unpaired) electrons. The molecule has 0 spiro atoms. The molecule has 3 nitrogen and oxygen atoms in total. The highest BCUT2D eigenvalue weighted by Crippen LogP contribution is 2.29. The molecule has 0 saturated heterocycles. The van der Waals surface area contributed by atoms with Crippen molar-refractivity contribution in [1.29, 1.82) is 0 Å². The van der Waals surface area contributed by atoms with E-state index in [4.69, 9.17) is 0 Å². The zero-order valence-electron chi connectivity index (χ0n) is 12.3. The molecule has 3 rings (SSSR count). The number of hydrogen-bond donors (Lipinski definition) is 0. The third-order valence-electron chi connectivity index (χ3n) is 3.61. The van der Waals surface area contributed by atoms with Crippen LogP contribution in [0.15, 0.2) is 48.8 Å². The van der Waals surface area contributed by atoms with Crippen LogP contribution in [-0.2, 0) is 23.8 Å². The van der Waals surface area contributed by atoms with Gasteiger partial charge in [-0.3, -0.25) is 4.79 Å². The van der Waals surface area contributed by atoms with E-state index in [-0.39, 0.29) is 18.6 Å². The third-order valence-corrected chi connectivity index (χ3v) is 3.61. The molecule has 2 aromatic heterocycles. The Kier molecular flexibility index (Phi) is 4.09. The Balaban J connectivity index is 1.74. The lowest BCUT2D eigenvalue weighted by Crippen LogP contribution is -2.10. The van der Waals surface area contributed by atoms with Crippen LogP contribution in [0.3, 0.4) is 0 Å². The molecule has 3 aromatic rings. The van der Waals surface area contributed by atoms with Crippen molar-refractivity contribution in [3.63, 3.8) is 0 Å². The Morgan fingerprint density at radius 1 is 1.08 bits per heavy atom. The van der Waals surface area contributed by atoms with Crippen molar-refractivity contribution in [2.24, 2.45) is 0 Å². The fraction of sp³-hybridized carbons (Fsp3) is 0.176. The Morgan fingerprint density at radius 2 is 1.79 bits per heavy atom. The number of ketones is 1. The van der Waals surface area contributed by atoms with Crippen LogP contribution in [0.2, 0.25) is 0 Å². The molecular formula is C17H12F4N2O. The van der Waals surface area contributed by atoms with Crippen LogP contribution in [-0.4, -0.2) is 15.2 Å². The zero-order valence-corrected chi connectivity index (χ0v) is 12.3. The number of nitrogens with zero attached hydrogens (tertiary/aromatic N) is 2. The number of aromatic nitrogens is 2. The van der Waals surface area contributed by atoms with Crippen molar-refractivity contribution in [1.82, 2.24) is 9.38 Å².